The number of nitrogens with zero attached hydrogens (tertiary/aromatic N) is 3. The van der Waals surface area contributed by atoms with E-state index >= 15 is 0 Å². The summed E-state index contributed by atoms with van der Waals surface area (Å²) in [7, 11) is 0. The average Bonchev–Trinajstić information content (AvgIpc) is 2.95. The molecule has 0 saturated heterocycles. The number of aromatic nitrogens is 3. The van der Waals surface area contributed by atoms with Crippen molar-refractivity contribution >= 4 is 17.6 Å². The minimum atomic E-state index is -1.10. The number of hydrogen-bond donors (Lipinski definition) is 2. The maximum atomic E-state index is 14.4. The van der Waals surface area contributed by atoms with Gasteiger partial charge in [0.25, 0.3) is 0 Å². The lowest BCUT2D eigenvalue weighted by Crippen LogP contribution is -2.11. The molecule has 2 N–H and O–H groups in total. The molecule has 146 valence electrons. The highest BCUT2D eigenvalue weighted by Gasteiger charge is 2.20. The van der Waals surface area contributed by atoms with Gasteiger partial charge in [0.05, 0.1) is 5.69 Å². The first-order valence-electron chi connectivity index (χ1n) is 8.96. The number of rotatable bonds is 5. The lowest BCUT2D eigenvalue weighted by molar-refractivity contribution is 0.0697. The number of carboxylic acids is 1. The molecule has 0 radical (unpaired) electrons. The Morgan fingerprint density at radius 3 is 2.57 bits per heavy atom. The summed E-state index contributed by atoms with van der Waals surface area (Å²) in [5, 5.41) is 17.1. The molecule has 0 aliphatic rings. The SMILES string of the molecule is Cc1ccc(C(=O)O)c(Nc2cc(CC(C)(C)C)nn2-c2ccccc2F)n1. The Kier molecular flexibility index (Phi) is 5.18. The second-order valence-corrected chi connectivity index (χ2v) is 7.90. The van der Waals surface area contributed by atoms with Crippen molar-refractivity contribution in [1.29, 1.82) is 0 Å². The molecule has 0 spiro atoms. The summed E-state index contributed by atoms with van der Waals surface area (Å²) in [6.45, 7) is 8.04. The number of nitrogens with one attached hydrogen (secondary N) is 1. The van der Waals surface area contributed by atoms with Gasteiger partial charge >= 0.3 is 5.97 Å². The van der Waals surface area contributed by atoms with Crippen LogP contribution in [0.3, 0.4) is 0 Å². The molecule has 3 rings (SSSR count). The first-order chi connectivity index (χ1) is 13.1. The summed E-state index contributed by atoms with van der Waals surface area (Å²) in [4.78, 5) is 15.9. The van der Waals surface area contributed by atoms with Crippen LogP contribution in [0.4, 0.5) is 16.0 Å². The summed E-state index contributed by atoms with van der Waals surface area (Å²) >= 11 is 0. The molecule has 6 nitrogen and oxygen atoms in total. The fourth-order valence-electron chi connectivity index (χ4n) is 2.90. The first kappa shape index (κ1) is 19.5. The van der Waals surface area contributed by atoms with E-state index < -0.39 is 11.8 Å². The zero-order chi connectivity index (χ0) is 20.5. The van der Waals surface area contributed by atoms with E-state index in [1.165, 1.54) is 16.8 Å². The molecule has 0 bridgehead atoms. The standard InChI is InChI=1S/C21H23FN4O2/c1-13-9-10-15(20(27)28)19(23-13)24-18-11-14(12-21(2,3)4)25-26(18)17-8-6-5-7-16(17)22/h5-11H,12H2,1-4H3,(H,23,24)(H,27,28). The van der Waals surface area contributed by atoms with Crippen LogP contribution in [0.25, 0.3) is 5.69 Å². The van der Waals surface area contributed by atoms with Gasteiger partial charge in [-0.2, -0.15) is 5.10 Å². The van der Waals surface area contributed by atoms with Crippen LogP contribution in [0.2, 0.25) is 0 Å². The third kappa shape index (κ3) is 4.36. The van der Waals surface area contributed by atoms with Crippen molar-refractivity contribution in [2.24, 2.45) is 5.41 Å². The molecule has 0 atom stereocenters. The van der Waals surface area contributed by atoms with E-state index in [0.29, 0.717) is 17.9 Å². The molecule has 0 fully saturated rings. The number of carbonyl (C=O) groups is 1. The molecule has 0 unspecified atom stereocenters. The van der Waals surface area contributed by atoms with Crippen molar-refractivity contribution in [3.8, 4) is 5.69 Å². The van der Waals surface area contributed by atoms with Gasteiger partial charge in [0.2, 0.25) is 0 Å². The smallest absolute Gasteiger partial charge is 0.339 e. The Hall–Kier alpha value is -3.22. The van der Waals surface area contributed by atoms with Crippen LogP contribution in [0.1, 0.15) is 42.5 Å². The molecule has 0 saturated carbocycles. The number of para-hydroxylation sites is 1. The van der Waals surface area contributed by atoms with Crippen LogP contribution in [-0.2, 0) is 6.42 Å². The lowest BCUT2D eigenvalue weighted by Gasteiger charge is -2.15. The third-order valence-corrected chi connectivity index (χ3v) is 4.06. The van der Waals surface area contributed by atoms with Gasteiger partial charge in [0, 0.05) is 11.8 Å². The molecule has 2 aromatic heterocycles. The molecular formula is C21H23FN4O2. The van der Waals surface area contributed by atoms with Gasteiger partial charge in [-0.15, -0.1) is 0 Å². The Bertz CT molecular complexity index is 1020. The van der Waals surface area contributed by atoms with Crippen molar-refractivity contribution in [1.82, 2.24) is 14.8 Å². The largest absolute Gasteiger partial charge is 0.478 e. The molecule has 3 aromatic rings. The second-order valence-electron chi connectivity index (χ2n) is 7.90. The molecule has 0 aliphatic heterocycles. The van der Waals surface area contributed by atoms with Gasteiger partial charge in [0.15, 0.2) is 0 Å². The van der Waals surface area contributed by atoms with Gasteiger partial charge < -0.3 is 10.4 Å². The topological polar surface area (TPSA) is 80.0 Å². The van der Waals surface area contributed by atoms with Crippen molar-refractivity contribution in [2.75, 3.05) is 5.32 Å². The zero-order valence-corrected chi connectivity index (χ0v) is 16.3. The fraction of sp³-hybridized carbons (Fsp3) is 0.286. The predicted molar refractivity (Wildman–Crippen MR) is 106 cm³/mol. The van der Waals surface area contributed by atoms with E-state index in [2.05, 4.69) is 36.2 Å². The van der Waals surface area contributed by atoms with Gasteiger partial charge in [-0.1, -0.05) is 32.9 Å². The normalized spacial score (nSPS) is 11.5. The summed E-state index contributed by atoms with van der Waals surface area (Å²) in [5.41, 5.74) is 1.72. The van der Waals surface area contributed by atoms with Gasteiger partial charge in [-0.3, -0.25) is 0 Å². The molecule has 28 heavy (non-hydrogen) atoms. The fourth-order valence-corrected chi connectivity index (χ4v) is 2.90. The Balaban J connectivity index is 2.11. The van der Waals surface area contributed by atoms with Crippen LogP contribution in [-0.4, -0.2) is 25.8 Å². The van der Waals surface area contributed by atoms with E-state index in [0.717, 1.165) is 5.69 Å². The van der Waals surface area contributed by atoms with E-state index in [4.69, 9.17) is 0 Å². The predicted octanol–water partition coefficient (Wildman–Crippen LogP) is 4.75. The Morgan fingerprint density at radius 2 is 1.93 bits per heavy atom. The van der Waals surface area contributed by atoms with E-state index in [1.807, 2.05) is 0 Å². The average molecular weight is 382 g/mol. The Morgan fingerprint density at radius 1 is 1.21 bits per heavy atom. The molecule has 0 amide bonds. The summed E-state index contributed by atoms with van der Waals surface area (Å²) < 4.78 is 15.9. The van der Waals surface area contributed by atoms with E-state index in [-0.39, 0.29) is 22.5 Å². The summed E-state index contributed by atoms with van der Waals surface area (Å²) in [6.07, 6.45) is 0.677. The van der Waals surface area contributed by atoms with Crippen LogP contribution >= 0.6 is 0 Å². The minimum Gasteiger partial charge on any atom is -0.478 e. The zero-order valence-electron chi connectivity index (χ0n) is 16.3. The minimum absolute atomic E-state index is 0.0144. The molecule has 0 aliphatic carbocycles. The maximum absolute atomic E-state index is 14.4. The van der Waals surface area contributed by atoms with Crippen molar-refractivity contribution in [2.45, 2.75) is 34.1 Å². The lowest BCUT2D eigenvalue weighted by atomic mass is 9.91. The van der Waals surface area contributed by atoms with E-state index in [9.17, 15) is 14.3 Å². The number of pyridine rings is 1. The number of hydrogen-bond acceptors (Lipinski definition) is 4. The number of aryl methyl sites for hydroxylation is 1. The second kappa shape index (κ2) is 7.42. The van der Waals surface area contributed by atoms with Crippen molar-refractivity contribution in [3.63, 3.8) is 0 Å². The highest BCUT2D eigenvalue weighted by atomic mass is 19.1. The molecule has 2 heterocycles. The maximum Gasteiger partial charge on any atom is 0.339 e. The number of anilines is 2. The van der Waals surface area contributed by atoms with Crippen molar-refractivity contribution in [3.05, 3.63) is 65.2 Å². The summed E-state index contributed by atoms with van der Waals surface area (Å²) in [6, 6.07) is 11.2. The first-order valence-corrected chi connectivity index (χ1v) is 8.96. The van der Waals surface area contributed by atoms with Crippen LogP contribution in [0.15, 0.2) is 42.5 Å². The highest BCUT2D eigenvalue weighted by molar-refractivity contribution is 5.93. The van der Waals surface area contributed by atoms with Crippen LogP contribution in [0, 0.1) is 18.2 Å². The molecule has 1 aromatic carbocycles. The monoisotopic (exact) mass is 382 g/mol. The third-order valence-electron chi connectivity index (χ3n) is 4.06. The number of halogens is 1. The quantitative estimate of drug-likeness (QED) is 0.666. The van der Waals surface area contributed by atoms with Crippen LogP contribution in [0.5, 0.6) is 0 Å². The van der Waals surface area contributed by atoms with Gasteiger partial charge in [0.1, 0.15) is 28.7 Å². The van der Waals surface area contributed by atoms with Gasteiger partial charge in [-0.25, -0.2) is 18.9 Å². The van der Waals surface area contributed by atoms with Gasteiger partial charge in [-0.05, 0) is 43.0 Å². The molecule has 7 heteroatoms. The number of aromatic carboxylic acids is 1. The van der Waals surface area contributed by atoms with Crippen molar-refractivity contribution < 1.29 is 14.3 Å². The number of carboxylic acid groups (broad SMARTS) is 1. The molecular weight excluding hydrogens is 359 g/mol. The Labute approximate surface area is 163 Å². The number of benzene rings is 1. The van der Waals surface area contributed by atoms with E-state index in [1.54, 1.807) is 37.3 Å². The summed E-state index contributed by atoms with van der Waals surface area (Å²) in [5.74, 6) is -0.884. The highest BCUT2D eigenvalue weighted by Crippen LogP contribution is 2.27. The van der Waals surface area contributed by atoms with Crippen LogP contribution < -0.4 is 5.32 Å².